The fourth-order valence-corrected chi connectivity index (χ4v) is 5.76. The molecule has 11 heteroatoms. The molecule has 1 aliphatic carbocycles. The van der Waals surface area contributed by atoms with Gasteiger partial charge in [0.25, 0.3) is 5.91 Å². The van der Waals surface area contributed by atoms with Crippen molar-refractivity contribution in [2.75, 3.05) is 11.9 Å². The van der Waals surface area contributed by atoms with Gasteiger partial charge in [-0.3, -0.25) is 9.78 Å². The summed E-state index contributed by atoms with van der Waals surface area (Å²) >= 11 is 0. The normalized spacial score (nSPS) is 16.6. The van der Waals surface area contributed by atoms with E-state index in [2.05, 4.69) is 25.5 Å². The van der Waals surface area contributed by atoms with Crippen molar-refractivity contribution in [1.82, 2.24) is 29.0 Å². The van der Waals surface area contributed by atoms with Crippen molar-refractivity contribution in [2.24, 2.45) is 0 Å². The molecule has 1 saturated carbocycles. The molecule has 5 rings (SSSR count). The second-order valence-electron chi connectivity index (χ2n) is 8.68. The third-order valence-electron chi connectivity index (χ3n) is 5.95. The first kappa shape index (κ1) is 21.7. The molecule has 0 atom stereocenters. The van der Waals surface area contributed by atoms with Crippen molar-refractivity contribution in [3.63, 3.8) is 0 Å². The lowest BCUT2D eigenvalue weighted by molar-refractivity contribution is 0.102. The van der Waals surface area contributed by atoms with Crippen LogP contribution in [0.4, 0.5) is 5.82 Å². The zero-order valence-electron chi connectivity index (χ0n) is 18.5. The second kappa shape index (κ2) is 8.31. The Hall–Kier alpha value is -3.18. The van der Waals surface area contributed by atoms with Gasteiger partial charge >= 0.3 is 0 Å². The Morgan fingerprint density at radius 1 is 1.21 bits per heavy atom. The number of rotatable bonds is 6. The van der Waals surface area contributed by atoms with E-state index in [4.69, 9.17) is 0 Å². The van der Waals surface area contributed by atoms with Crippen LogP contribution in [0, 0.1) is 0 Å². The predicted molar refractivity (Wildman–Crippen MR) is 122 cm³/mol. The number of carbonyl (C=O) groups excluding carboxylic acids is 1. The third kappa shape index (κ3) is 4.25. The maximum atomic E-state index is 12.9. The lowest BCUT2D eigenvalue weighted by atomic mass is 10.0. The van der Waals surface area contributed by atoms with Crippen LogP contribution in [0.15, 0.2) is 36.8 Å². The lowest BCUT2D eigenvalue weighted by Crippen LogP contribution is -2.38. The Balaban J connectivity index is 1.35. The minimum atomic E-state index is -3.26. The van der Waals surface area contributed by atoms with Gasteiger partial charge in [0.15, 0.2) is 5.82 Å². The molecule has 2 aliphatic rings. The van der Waals surface area contributed by atoms with Crippen LogP contribution in [-0.2, 0) is 23.0 Å². The Morgan fingerprint density at radius 2 is 2.03 bits per heavy atom. The predicted octanol–water partition coefficient (Wildman–Crippen LogP) is 2.42. The number of anilines is 1. The molecule has 0 aromatic carbocycles. The van der Waals surface area contributed by atoms with Crippen LogP contribution in [0.2, 0.25) is 0 Å². The molecule has 10 nitrogen and oxygen atoms in total. The van der Waals surface area contributed by atoms with Crippen LogP contribution in [-0.4, -0.2) is 55.2 Å². The summed E-state index contributed by atoms with van der Waals surface area (Å²) in [5, 5.41) is 10.7. The van der Waals surface area contributed by atoms with Crippen LogP contribution in [0.3, 0.4) is 0 Å². The van der Waals surface area contributed by atoms with Crippen molar-refractivity contribution in [2.45, 2.75) is 50.9 Å². The maximum absolute atomic E-state index is 12.9. The van der Waals surface area contributed by atoms with Gasteiger partial charge in [-0.15, -0.1) is 10.2 Å². The monoisotopic (exact) mass is 467 g/mol. The molecule has 4 heterocycles. The number of fused-ring (bicyclic) bond motifs is 1. The molecule has 3 aromatic rings. The number of sulfonamides is 1. The smallest absolute Gasteiger partial charge is 0.275 e. The standard InChI is InChI=1S/C22H25N7O3S/c1-14(2)29-13-24-27-21(29)18-4-3-5-20(25-18)26-22(30)19-10-16-12-28(9-8-15(16)11-23-19)33(31,32)17-6-7-17/h3-5,10-11,13-14,17H,6-9,12H2,1-2H3,(H,25,26,30). The van der Waals surface area contributed by atoms with Gasteiger partial charge in [-0.05, 0) is 62.4 Å². The molecular formula is C22H25N7O3S. The first-order valence-corrected chi connectivity index (χ1v) is 12.5. The number of hydrogen-bond acceptors (Lipinski definition) is 7. The molecule has 0 unspecified atom stereocenters. The molecule has 1 amide bonds. The molecule has 1 fully saturated rings. The summed E-state index contributed by atoms with van der Waals surface area (Å²) < 4.78 is 28.7. The topological polar surface area (TPSA) is 123 Å². The van der Waals surface area contributed by atoms with E-state index in [1.54, 1.807) is 30.7 Å². The molecule has 1 aliphatic heterocycles. The van der Waals surface area contributed by atoms with Crippen molar-refractivity contribution in [3.8, 4) is 11.5 Å². The fourth-order valence-electron chi connectivity index (χ4n) is 3.94. The third-order valence-corrected chi connectivity index (χ3v) is 8.29. The van der Waals surface area contributed by atoms with Crippen LogP contribution in [0.25, 0.3) is 11.5 Å². The summed E-state index contributed by atoms with van der Waals surface area (Å²) in [4.78, 5) is 21.7. The van der Waals surface area contributed by atoms with Crippen molar-refractivity contribution in [1.29, 1.82) is 0 Å². The quantitative estimate of drug-likeness (QED) is 0.590. The summed E-state index contributed by atoms with van der Waals surface area (Å²) in [6, 6.07) is 7.14. The van der Waals surface area contributed by atoms with Crippen LogP contribution >= 0.6 is 0 Å². The maximum Gasteiger partial charge on any atom is 0.275 e. The summed E-state index contributed by atoms with van der Waals surface area (Å²) in [6.45, 7) is 4.78. The number of pyridine rings is 2. The van der Waals surface area contributed by atoms with E-state index in [0.717, 1.165) is 24.0 Å². The van der Waals surface area contributed by atoms with E-state index in [1.165, 1.54) is 4.31 Å². The van der Waals surface area contributed by atoms with E-state index >= 15 is 0 Å². The van der Waals surface area contributed by atoms with Gasteiger partial charge in [-0.25, -0.2) is 13.4 Å². The molecule has 3 aromatic heterocycles. The molecule has 1 N–H and O–H groups in total. The number of hydrogen-bond donors (Lipinski definition) is 1. The summed E-state index contributed by atoms with van der Waals surface area (Å²) in [7, 11) is -3.26. The van der Waals surface area contributed by atoms with E-state index in [-0.39, 0.29) is 23.5 Å². The Kier molecular flexibility index (Phi) is 5.45. The second-order valence-corrected chi connectivity index (χ2v) is 10.9. The van der Waals surface area contributed by atoms with Crippen molar-refractivity contribution in [3.05, 3.63) is 53.6 Å². The first-order chi connectivity index (χ1) is 15.8. The highest BCUT2D eigenvalue weighted by molar-refractivity contribution is 7.90. The lowest BCUT2D eigenvalue weighted by Gasteiger charge is -2.28. The van der Waals surface area contributed by atoms with Gasteiger partial charge in [-0.1, -0.05) is 6.07 Å². The highest BCUT2D eigenvalue weighted by atomic mass is 32.2. The minimum Gasteiger partial charge on any atom is -0.310 e. The average molecular weight is 468 g/mol. The summed E-state index contributed by atoms with van der Waals surface area (Å²) in [5.74, 6) is 0.577. The average Bonchev–Trinajstić information content (AvgIpc) is 3.55. The summed E-state index contributed by atoms with van der Waals surface area (Å²) in [6.07, 6.45) is 5.37. The van der Waals surface area contributed by atoms with E-state index in [0.29, 0.717) is 30.3 Å². The van der Waals surface area contributed by atoms with Gasteiger partial charge in [0, 0.05) is 25.3 Å². The fraction of sp³-hybridized carbons (Fsp3) is 0.409. The SMILES string of the molecule is CC(C)n1cnnc1-c1cccc(NC(=O)c2cc3c(cn2)CCN(S(=O)(=O)C2CC2)C3)n1. The van der Waals surface area contributed by atoms with Crippen LogP contribution < -0.4 is 5.32 Å². The van der Waals surface area contributed by atoms with Crippen LogP contribution in [0.1, 0.15) is 54.3 Å². The molecule has 0 saturated heterocycles. The first-order valence-electron chi connectivity index (χ1n) is 11.0. The van der Waals surface area contributed by atoms with Crippen LogP contribution in [0.5, 0.6) is 0 Å². The highest BCUT2D eigenvalue weighted by Crippen LogP contribution is 2.33. The Morgan fingerprint density at radius 3 is 2.79 bits per heavy atom. The molecule has 0 spiro atoms. The number of amides is 1. The number of aromatic nitrogens is 5. The number of nitrogens with one attached hydrogen (secondary N) is 1. The molecule has 33 heavy (non-hydrogen) atoms. The van der Waals surface area contributed by atoms with E-state index in [1.807, 2.05) is 24.5 Å². The van der Waals surface area contributed by atoms with Gasteiger partial charge < -0.3 is 9.88 Å². The summed E-state index contributed by atoms with van der Waals surface area (Å²) in [5.41, 5.74) is 2.61. The highest BCUT2D eigenvalue weighted by Gasteiger charge is 2.41. The van der Waals surface area contributed by atoms with E-state index < -0.39 is 15.9 Å². The Labute approximate surface area is 192 Å². The molecule has 0 bridgehead atoms. The minimum absolute atomic E-state index is 0.165. The van der Waals surface area contributed by atoms with Gasteiger partial charge in [-0.2, -0.15) is 4.31 Å². The largest absolute Gasteiger partial charge is 0.310 e. The van der Waals surface area contributed by atoms with Gasteiger partial charge in [0.1, 0.15) is 23.5 Å². The molecule has 172 valence electrons. The van der Waals surface area contributed by atoms with E-state index in [9.17, 15) is 13.2 Å². The Bertz CT molecular complexity index is 1320. The van der Waals surface area contributed by atoms with Crippen molar-refractivity contribution < 1.29 is 13.2 Å². The molecular weight excluding hydrogens is 442 g/mol. The zero-order valence-corrected chi connectivity index (χ0v) is 19.3. The van der Waals surface area contributed by atoms with Crippen molar-refractivity contribution >= 4 is 21.7 Å². The molecule has 0 radical (unpaired) electrons. The van der Waals surface area contributed by atoms with Gasteiger partial charge in [0.2, 0.25) is 10.0 Å². The van der Waals surface area contributed by atoms with Gasteiger partial charge in [0.05, 0.1) is 5.25 Å². The number of carbonyl (C=O) groups is 1. The number of nitrogens with zero attached hydrogens (tertiary/aromatic N) is 6. The zero-order chi connectivity index (χ0) is 23.2.